The molecule has 7 nitrogen and oxygen atoms in total. The van der Waals surface area contributed by atoms with Gasteiger partial charge < -0.3 is 19.2 Å². The van der Waals surface area contributed by atoms with E-state index in [0.29, 0.717) is 31.7 Å². The van der Waals surface area contributed by atoms with Crippen molar-refractivity contribution in [2.75, 3.05) is 33.3 Å². The fourth-order valence-electron chi connectivity index (χ4n) is 4.39. The normalized spacial score (nSPS) is 24.8. The van der Waals surface area contributed by atoms with Gasteiger partial charge in [-0.25, -0.2) is 0 Å². The van der Waals surface area contributed by atoms with Gasteiger partial charge in [-0.05, 0) is 12.1 Å². The third-order valence-corrected chi connectivity index (χ3v) is 5.75. The number of methoxy groups -OCH3 is 1. The van der Waals surface area contributed by atoms with E-state index in [-0.39, 0.29) is 18.4 Å². The van der Waals surface area contributed by atoms with E-state index >= 15 is 0 Å². The highest BCUT2D eigenvalue weighted by Gasteiger charge is 2.58. The lowest BCUT2D eigenvalue weighted by Crippen LogP contribution is -2.41. The second kappa shape index (κ2) is 6.74. The fraction of sp³-hybridized carbons (Fsp3) is 0.400. The molecule has 0 unspecified atom stereocenters. The van der Waals surface area contributed by atoms with Crippen LogP contribution in [0.15, 0.2) is 47.3 Å². The first-order valence-electron chi connectivity index (χ1n) is 8.92. The van der Waals surface area contributed by atoms with E-state index in [0.717, 1.165) is 11.3 Å². The fourth-order valence-corrected chi connectivity index (χ4v) is 4.39. The van der Waals surface area contributed by atoms with Gasteiger partial charge in [0.1, 0.15) is 17.4 Å². The molecule has 1 N–H and O–H groups in total. The molecule has 2 aliphatic heterocycles. The second-order valence-corrected chi connectivity index (χ2v) is 7.34. The largest absolute Gasteiger partial charge is 0.496 e. The number of likely N-dealkylation sites (tertiary alicyclic amines) is 2. The van der Waals surface area contributed by atoms with Crippen LogP contribution in [0.25, 0.3) is 0 Å². The topological polar surface area (TPSA) is 83.2 Å². The number of nitrogens with zero attached hydrogens (tertiary/aromatic N) is 2. The van der Waals surface area contributed by atoms with E-state index in [1.54, 1.807) is 18.1 Å². The average molecular weight is 370 g/mol. The maximum absolute atomic E-state index is 12.6. The quantitative estimate of drug-likeness (QED) is 0.866. The summed E-state index contributed by atoms with van der Waals surface area (Å²) in [5.41, 5.74) is 0.565. The molecule has 4 rings (SSSR count). The van der Waals surface area contributed by atoms with Gasteiger partial charge in [0.2, 0.25) is 0 Å². The molecular weight excluding hydrogens is 348 g/mol. The summed E-state index contributed by atoms with van der Waals surface area (Å²) in [7, 11) is 1.63. The van der Waals surface area contributed by atoms with E-state index in [2.05, 4.69) is 4.90 Å². The van der Waals surface area contributed by atoms with Crippen LogP contribution in [-0.2, 0) is 11.3 Å². The number of aliphatic carboxylic acids is 1. The lowest BCUT2D eigenvalue weighted by molar-refractivity contribution is -0.148. The number of para-hydroxylation sites is 1. The zero-order chi connectivity index (χ0) is 19.0. The molecule has 2 saturated heterocycles. The zero-order valence-electron chi connectivity index (χ0n) is 15.1. The number of fused-ring (bicyclic) bond motifs is 1. The van der Waals surface area contributed by atoms with Crippen LogP contribution in [0.4, 0.5) is 0 Å². The Morgan fingerprint density at radius 2 is 2.07 bits per heavy atom. The van der Waals surface area contributed by atoms with Crippen molar-refractivity contribution in [1.82, 2.24) is 9.80 Å². The number of carboxylic acid groups (broad SMARTS) is 1. The van der Waals surface area contributed by atoms with Crippen LogP contribution in [0, 0.1) is 11.3 Å². The highest BCUT2D eigenvalue weighted by molar-refractivity contribution is 5.94. The Balaban J connectivity index is 1.51. The van der Waals surface area contributed by atoms with Gasteiger partial charge in [0.15, 0.2) is 0 Å². The predicted molar refractivity (Wildman–Crippen MR) is 96.4 cm³/mol. The van der Waals surface area contributed by atoms with E-state index in [9.17, 15) is 14.7 Å². The van der Waals surface area contributed by atoms with E-state index in [1.165, 1.54) is 12.5 Å². The van der Waals surface area contributed by atoms with Crippen LogP contribution in [0.2, 0.25) is 0 Å². The number of furan rings is 1. The number of benzene rings is 1. The molecule has 2 aromatic rings. The number of rotatable bonds is 5. The van der Waals surface area contributed by atoms with Gasteiger partial charge in [-0.2, -0.15) is 0 Å². The van der Waals surface area contributed by atoms with Gasteiger partial charge in [0.05, 0.1) is 18.9 Å². The standard InChI is InChI=1S/C20H22N2O5/c1-26-17-5-3-2-4-14(17)8-21-9-16-10-22(13-20(16,12-21)19(24)25)18(23)15-6-7-27-11-15/h2-7,11,16H,8-10,12-13H2,1H3,(H,24,25)/t16-,20-/m0/s1. The van der Waals surface area contributed by atoms with Gasteiger partial charge in [0.25, 0.3) is 5.91 Å². The minimum atomic E-state index is -0.929. The first-order valence-corrected chi connectivity index (χ1v) is 8.92. The van der Waals surface area contributed by atoms with Gasteiger partial charge in [-0.3, -0.25) is 14.5 Å². The molecule has 0 aliphatic carbocycles. The Hall–Kier alpha value is -2.80. The number of carbonyl (C=O) groups excluding carboxylic acids is 1. The summed E-state index contributed by atoms with van der Waals surface area (Å²) in [5.74, 6) is -0.302. The van der Waals surface area contributed by atoms with Crippen LogP contribution >= 0.6 is 0 Å². The smallest absolute Gasteiger partial charge is 0.313 e. The molecule has 0 bridgehead atoms. The molecule has 7 heteroatoms. The minimum absolute atomic E-state index is 0.0967. The Bertz CT molecular complexity index is 850. The lowest BCUT2D eigenvalue weighted by atomic mass is 9.81. The first-order chi connectivity index (χ1) is 13.0. The van der Waals surface area contributed by atoms with Crippen LogP contribution < -0.4 is 4.74 Å². The number of carboxylic acids is 1. The van der Waals surface area contributed by atoms with E-state index < -0.39 is 11.4 Å². The summed E-state index contributed by atoms with van der Waals surface area (Å²) in [5, 5.41) is 9.98. The van der Waals surface area contributed by atoms with Gasteiger partial charge in [-0.15, -0.1) is 0 Å². The lowest BCUT2D eigenvalue weighted by Gasteiger charge is -2.25. The van der Waals surface area contributed by atoms with Crippen molar-refractivity contribution in [2.45, 2.75) is 6.54 Å². The molecule has 0 spiro atoms. The van der Waals surface area contributed by atoms with Crippen molar-refractivity contribution in [2.24, 2.45) is 11.3 Å². The SMILES string of the molecule is COc1ccccc1CN1C[C@H]2CN(C(=O)c3ccoc3)C[C@@]2(C(=O)O)C1. The van der Waals surface area contributed by atoms with E-state index in [1.807, 2.05) is 24.3 Å². The number of hydrogen-bond acceptors (Lipinski definition) is 5. The molecule has 2 fully saturated rings. The number of amides is 1. The molecule has 1 amide bonds. The van der Waals surface area contributed by atoms with Crippen molar-refractivity contribution in [1.29, 1.82) is 0 Å². The molecule has 0 saturated carbocycles. The molecule has 1 aromatic carbocycles. The highest BCUT2D eigenvalue weighted by atomic mass is 16.5. The van der Waals surface area contributed by atoms with Crippen molar-refractivity contribution in [3.63, 3.8) is 0 Å². The molecule has 2 aliphatic rings. The Labute approximate surface area is 157 Å². The van der Waals surface area contributed by atoms with Crippen LogP contribution in [0.3, 0.4) is 0 Å². The van der Waals surface area contributed by atoms with Crippen molar-refractivity contribution in [3.8, 4) is 5.75 Å². The summed E-state index contributed by atoms with van der Waals surface area (Å²) in [6.45, 7) is 2.35. The van der Waals surface area contributed by atoms with Crippen molar-refractivity contribution in [3.05, 3.63) is 54.0 Å². The van der Waals surface area contributed by atoms with Gasteiger partial charge in [0, 0.05) is 44.2 Å². The van der Waals surface area contributed by atoms with Gasteiger partial charge >= 0.3 is 5.97 Å². The minimum Gasteiger partial charge on any atom is -0.496 e. The summed E-state index contributed by atoms with van der Waals surface area (Å²) < 4.78 is 10.4. The monoisotopic (exact) mass is 370 g/mol. The maximum atomic E-state index is 12.6. The summed E-state index contributed by atoms with van der Waals surface area (Å²) in [6, 6.07) is 9.38. The predicted octanol–water partition coefficient (Wildman–Crippen LogP) is 1.95. The van der Waals surface area contributed by atoms with Crippen molar-refractivity contribution < 1.29 is 23.8 Å². The molecule has 27 heavy (non-hydrogen) atoms. The van der Waals surface area contributed by atoms with Gasteiger partial charge in [-0.1, -0.05) is 18.2 Å². The summed E-state index contributed by atoms with van der Waals surface area (Å²) in [4.78, 5) is 28.6. The molecule has 3 heterocycles. The number of carbonyl (C=O) groups is 2. The number of hydrogen-bond donors (Lipinski definition) is 1. The van der Waals surface area contributed by atoms with Crippen LogP contribution in [0.1, 0.15) is 15.9 Å². The van der Waals surface area contributed by atoms with E-state index in [4.69, 9.17) is 9.15 Å². The highest BCUT2D eigenvalue weighted by Crippen LogP contribution is 2.44. The number of ether oxygens (including phenoxy) is 1. The first kappa shape index (κ1) is 17.6. The van der Waals surface area contributed by atoms with Crippen LogP contribution in [-0.4, -0.2) is 60.1 Å². The molecular formula is C20H22N2O5. The Kier molecular flexibility index (Phi) is 4.39. The molecule has 1 aromatic heterocycles. The van der Waals surface area contributed by atoms with Crippen molar-refractivity contribution >= 4 is 11.9 Å². The zero-order valence-corrected chi connectivity index (χ0v) is 15.1. The molecule has 0 radical (unpaired) electrons. The second-order valence-electron chi connectivity index (χ2n) is 7.34. The Morgan fingerprint density at radius 3 is 2.74 bits per heavy atom. The Morgan fingerprint density at radius 1 is 1.26 bits per heavy atom. The average Bonchev–Trinajstić information content (AvgIpc) is 3.36. The summed E-state index contributed by atoms with van der Waals surface area (Å²) >= 11 is 0. The third kappa shape index (κ3) is 2.98. The maximum Gasteiger partial charge on any atom is 0.313 e. The summed E-state index contributed by atoms with van der Waals surface area (Å²) in [6.07, 6.45) is 2.85. The van der Waals surface area contributed by atoms with Crippen LogP contribution in [0.5, 0.6) is 5.75 Å². The molecule has 2 atom stereocenters. The molecule has 142 valence electrons. The third-order valence-electron chi connectivity index (χ3n) is 5.75.